The van der Waals surface area contributed by atoms with Crippen LogP contribution in [-0.4, -0.2) is 35.7 Å². The van der Waals surface area contributed by atoms with Gasteiger partial charge in [-0.3, -0.25) is 4.79 Å². The molecule has 1 aliphatic rings. The Morgan fingerprint density at radius 3 is 2.75 bits per heavy atom. The van der Waals surface area contributed by atoms with E-state index in [-0.39, 0.29) is 18.0 Å². The molecule has 0 aromatic heterocycles. The smallest absolute Gasteiger partial charge is 0.217 e. The maximum Gasteiger partial charge on any atom is 0.217 e. The second-order valence-corrected chi connectivity index (χ2v) is 5.54. The molecule has 1 aliphatic heterocycles. The van der Waals surface area contributed by atoms with Crippen LogP contribution in [0.1, 0.15) is 31.7 Å². The zero-order chi connectivity index (χ0) is 14.4. The molecule has 3 atom stereocenters. The van der Waals surface area contributed by atoms with Gasteiger partial charge in [0.2, 0.25) is 5.91 Å². The van der Waals surface area contributed by atoms with Gasteiger partial charge >= 0.3 is 0 Å². The Labute approximate surface area is 120 Å². The summed E-state index contributed by atoms with van der Waals surface area (Å²) < 4.78 is 0. The van der Waals surface area contributed by atoms with Crippen LogP contribution in [0.25, 0.3) is 0 Å². The zero-order valence-electron chi connectivity index (χ0n) is 12.0. The highest BCUT2D eigenvalue weighted by Crippen LogP contribution is 2.15. The van der Waals surface area contributed by atoms with Gasteiger partial charge in [-0.1, -0.05) is 36.8 Å². The third-order valence-electron chi connectivity index (χ3n) is 3.86. The summed E-state index contributed by atoms with van der Waals surface area (Å²) in [7, 11) is 0. The van der Waals surface area contributed by atoms with E-state index in [0.717, 1.165) is 31.4 Å². The molecule has 1 aromatic rings. The number of hydrogen-bond acceptors (Lipinski definition) is 3. The molecule has 0 saturated carbocycles. The molecule has 2 rings (SSSR count). The summed E-state index contributed by atoms with van der Waals surface area (Å²) in [5, 5.41) is 16.8. The lowest BCUT2D eigenvalue weighted by Gasteiger charge is -2.33. The van der Waals surface area contributed by atoms with Crippen molar-refractivity contribution in [3.05, 3.63) is 35.9 Å². The van der Waals surface area contributed by atoms with Crippen molar-refractivity contribution in [3.63, 3.8) is 0 Å². The van der Waals surface area contributed by atoms with Crippen LogP contribution in [0, 0.1) is 0 Å². The van der Waals surface area contributed by atoms with E-state index in [4.69, 9.17) is 0 Å². The molecule has 1 aromatic carbocycles. The molecule has 110 valence electrons. The predicted molar refractivity (Wildman–Crippen MR) is 79.4 cm³/mol. The molecule has 4 heteroatoms. The molecule has 0 aliphatic carbocycles. The van der Waals surface area contributed by atoms with Gasteiger partial charge in [-0.25, -0.2) is 0 Å². The molecule has 0 radical (unpaired) electrons. The first kappa shape index (κ1) is 15.0. The van der Waals surface area contributed by atoms with E-state index >= 15 is 0 Å². The van der Waals surface area contributed by atoms with Gasteiger partial charge in [0, 0.05) is 13.0 Å². The summed E-state index contributed by atoms with van der Waals surface area (Å²) in [4.78, 5) is 11.4. The highest BCUT2D eigenvalue weighted by molar-refractivity contribution is 5.73. The predicted octanol–water partition coefficient (Wildman–Crippen LogP) is 1.24. The van der Waals surface area contributed by atoms with Gasteiger partial charge in [-0.15, -0.1) is 0 Å². The molecule has 1 fully saturated rings. The zero-order valence-corrected chi connectivity index (χ0v) is 12.0. The van der Waals surface area contributed by atoms with Gasteiger partial charge < -0.3 is 15.7 Å². The van der Waals surface area contributed by atoms with Crippen molar-refractivity contribution in [2.24, 2.45) is 0 Å². The van der Waals surface area contributed by atoms with Crippen LogP contribution in [0.4, 0.5) is 0 Å². The van der Waals surface area contributed by atoms with Gasteiger partial charge in [-0.2, -0.15) is 0 Å². The summed E-state index contributed by atoms with van der Waals surface area (Å²) >= 11 is 0. The number of hydrogen-bond donors (Lipinski definition) is 3. The Bertz CT molecular complexity index is 416. The number of carbonyl (C=O) groups is 1. The minimum atomic E-state index is -0.556. The molecule has 1 amide bonds. The van der Waals surface area contributed by atoms with E-state index in [1.54, 1.807) is 0 Å². The molecule has 20 heavy (non-hydrogen) atoms. The van der Waals surface area contributed by atoms with E-state index in [1.807, 2.05) is 30.3 Å². The number of nitrogens with one attached hydrogen (secondary N) is 2. The molecule has 1 saturated heterocycles. The molecule has 1 heterocycles. The SMILES string of the molecule is CC(=O)N[C@@H](Cc1ccccc1)[C@H](O)[C@H]1CCCCN1. The van der Waals surface area contributed by atoms with Crippen LogP contribution in [-0.2, 0) is 11.2 Å². The van der Waals surface area contributed by atoms with Crippen molar-refractivity contribution >= 4 is 5.91 Å². The Kier molecular flexibility index (Phi) is 5.56. The summed E-state index contributed by atoms with van der Waals surface area (Å²) in [6, 6.07) is 9.80. The Morgan fingerprint density at radius 2 is 2.15 bits per heavy atom. The normalized spacial score (nSPS) is 22.0. The third kappa shape index (κ3) is 4.32. The minimum absolute atomic E-state index is 0.0734. The van der Waals surface area contributed by atoms with Crippen LogP contribution in [0.5, 0.6) is 0 Å². The topological polar surface area (TPSA) is 61.4 Å². The van der Waals surface area contributed by atoms with Crippen LogP contribution in [0.15, 0.2) is 30.3 Å². The van der Waals surface area contributed by atoms with Crippen LogP contribution >= 0.6 is 0 Å². The van der Waals surface area contributed by atoms with Crippen LogP contribution in [0.3, 0.4) is 0 Å². The van der Waals surface area contributed by atoms with Gasteiger partial charge in [-0.05, 0) is 31.4 Å². The molecular formula is C16H24N2O2. The fourth-order valence-electron chi connectivity index (χ4n) is 2.84. The van der Waals surface area contributed by atoms with Crippen LogP contribution < -0.4 is 10.6 Å². The fourth-order valence-corrected chi connectivity index (χ4v) is 2.84. The summed E-state index contributed by atoms with van der Waals surface area (Å²) in [6.07, 6.45) is 3.35. The van der Waals surface area contributed by atoms with Crippen molar-refractivity contribution in [1.29, 1.82) is 0 Å². The Balaban J connectivity index is 2.03. The Morgan fingerprint density at radius 1 is 1.40 bits per heavy atom. The Hall–Kier alpha value is -1.39. The maximum absolute atomic E-state index is 11.4. The monoisotopic (exact) mass is 276 g/mol. The average Bonchev–Trinajstić information content (AvgIpc) is 2.47. The van der Waals surface area contributed by atoms with Gasteiger partial charge in [0.05, 0.1) is 12.1 Å². The number of amides is 1. The third-order valence-corrected chi connectivity index (χ3v) is 3.86. The maximum atomic E-state index is 11.4. The van der Waals surface area contributed by atoms with Crippen molar-refractivity contribution in [2.75, 3.05) is 6.54 Å². The lowest BCUT2D eigenvalue weighted by atomic mass is 9.91. The van der Waals surface area contributed by atoms with E-state index < -0.39 is 6.10 Å². The van der Waals surface area contributed by atoms with Crippen molar-refractivity contribution in [1.82, 2.24) is 10.6 Å². The molecule has 3 N–H and O–H groups in total. The first-order valence-corrected chi connectivity index (χ1v) is 7.39. The number of benzene rings is 1. The number of aliphatic hydroxyl groups is 1. The highest BCUT2D eigenvalue weighted by atomic mass is 16.3. The first-order valence-electron chi connectivity index (χ1n) is 7.39. The number of carbonyl (C=O) groups excluding carboxylic acids is 1. The standard InChI is InChI=1S/C16H24N2O2/c1-12(19)18-15(11-13-7-3-2-4-8-13)16(20)14-9-5-6-10-17-14/h2-4,7-8,14-17,20H,5-6,9-11H2,1H3,(H,18,19)/t14-,15+,16-/m1/s1. The molecule has 0 bridgehead atoms. The highest BCUT2D eigenvalue weighted by Gasteiger charge is 2.29. The fraction of sp³-hybridized carbons (Fsp3) is 0.562. The van der Waals surface area contributed by atoms with Crippen molar-refractivity contribution < 1.29 is 9.90 Å². The quantitative estimate of drug-likeness (QED) is 0.758. The first-order chi connectivity index (χ1) is 9.66. The molecule has 0 unspecified atom stereocenters. The second kappa shape index (κ2) is 7.41. The molecular weight excluding hydrogens is 252 g/mol. The summed E-state index contributed by atoms with van der Waals surface area (Å²) in [6.45, 7) is 2.44. The van der Waals surface area contributed by atoms with E-state index in [0.29, 0.717) is 6.42 Å². The van der Waals surface area contributed by atoms with E-state index in [1.165, 1.54) is 6.92 Å². The number of piperidine rings is 1. The molecule has 4 nitrogen and oxygen atoms in total. The largest absolute Gasteiger partial charge is 0.389 e. The van der Waals surface area contributed by atoms with Gasteiger partial charge in [0.15, 0.2) is 0 Å². The summed E-state index contributed by atoms with van der Waals surface area (Å²) in [5.41, 5.74) is 1.13. The van der Waals surface area contributed by atoms with Gasteiger partial charge in [0.1, 0.15) is 0 Å². The van der Waals surface area contributed by atoms with E-state index in [2.05, 4.69) is 10.6 Å². The lowest BCUT2D eigenvalue weighted by molar-refractivity contribution is -0.120. The van der Waals surface area contributed by atoms with Crippen LogP contribution in [0.2, 0.25) is 0 Å². The average molecular weight is 276 g/mol. The number of aliphatic hydroxyl groups excluding tert-OH is 1. The van der Waals surface area contributed by atoms with Crippen molar-refractivity contribution in [2.45, 2.75) is 50.8 Å². The van der Waals surface area contributed by atoms with E-state index in [9.17, 15) is 9.90 Å². The number of rotatable bonds is 5. The minimum Gasteiger partial charge on any atom is -0.389 e. The summed E-state index contributed by atoms with van der Waals surface area (Å²) in [5.74, 6) is -0.0965. The molecule has 0 spiro atoms. The lowest BCUT2D eigenvalue weighted by Crippen LogP contribution is -2.54. The van der Waals surface area contributed by atoms with Gasteiger partial charge in [0.25, 0.3) is 0 Å². The second-order valence-electron chi connectivity index (χ2n) is 5.54. The van der Waals surface area contributed by atoms with Crippen molar-refractivity contribution in [3.8, 4) is 0 Å².